The number of carbonyl (C=O) groups is 2. The molecule has 9 nitrogen and oxygen atoms in total. The van der Waals surface area contributed by atoms with Crippen LogP contribution in [-0.4, -0.2) is 60.0 Å². The topological polar surface area (TPSA) is 104 Å². The number of piperidine rings is 1. The molecular weight excluding hydrogens is 388 g/mol. The number of aromatic nitrogens is 2. The molecule has 9 heteroatoms. The van der Waals surface area contributed by atoms with Crippen molar-refractivity contribution in [2.24, 2.45) is 7.05 Å². The summed E-state index contributed by atoms with van der Waals surface area (Å²) in [5.74, 6) is -0.710. The summed E-state index contributed by atoms with van der Waals surface area (Å²) in [6, 6.07) is 5.10. The van der Waals surface area contributed by atoms with E-state index in [1.807, 2.05) is 18.2 Å². The second kappa shape index (κ2) is 9.11. The van der Waals surface area contributed by atoms with Crippen molar-refractivity contribution in [3.8, 4) is 0 Å². The Balaban J connectivity index is 1.46. The zero-order valence-corrected chi connectivity index (χ0v) is 17.2. The number of benzene rings is 1. The maximum absolute atomic E-state index is 12.9. The average Bonchev–Trinajstić information content (AvgIpc) is 3.00. The van der Waals surface area contributed by atoms with Crippen molar-refractivity contribution < 1.29 is 19.1 Å². The SMILES string of the molecule is Cn1c(=O)n(C2CCC(=O)NC2=O)c2cccc(CCCOC[C@H]3CNCCO3)c21. The van der Waals surface area contributed by atoms with Crippen LogP contribution in [0.4, 0.5) is 0 Å². The minimum Gasteiger partial charge on any atom is -0.379 e. The van der Waals surface area contributed by atoms with Crippen LogP contribution in [0.3, 0.4) is 0 Å². The summed E-state index contributed by atoms with van der Waals surface area (Å²) >= 11 is 0. The first-order valence-electron chi connectivity index (χ1n) is 10.5. The molecule has 0 bridgehead atoms. The maximum Gasteiger partial charge on any atom is 0.329 e. The van der Waals surface area contributed by atoms with Gasteiger partial charge >= 0.3 is 5.69 Å². The zero-order chi connectivity index (χ0) is 21.1. The molecule has 2 aliphatic heterocycles. The van der Waals surface area contributed by atoms with Gasteiger partial charge in [0.15, 0.2) is 0 Å². The smallest absolute Gasteiger partial charge is 0.329 e. The Morgan fingerprint density at radius 1 is 1.27 bits per heavy atom. The van der Waals surface area contributed by atoms with Crippen molar-refractivity contribution in [3.05, 3.63) is 34.2 Å². The Hall–Kier alpha value is -2.49. The van der Waals surface area contributed by atoms with E-state index in [0.29, 0.717) is 26.2 Å². The van der Waals surface area contributed by atoms with Gasteiger partial charge in [0.05, 0.1) is 30.4 Å². The molecule has 2 fully saturated rings. The van der Waals surface area contributed by atoms with Gasteiger partial charge in [-0.15, -0.1) is 0 Å². The highest BCUT2D eigenvalue weighted by atomic mass is 16.5. The quantitative estimate of drug-likeness (QED) is 0.496. The molecule has 1 aromatic carbocycles. The van der Waals surface area contributed by atoms with Gasteiger partial charge in [-0.25, -0.2) is 4.79 Å². The number of fused-ring (bicyclic) bond motifs is 1. The number of aryl methyl sites for hydroxylation is 2. The van der Waals surface area contributed by atoms with Gasteiger partial charge in [0.1, 0.15) is 6.04 Å². The number of ether oxygens (including phenoxy) is 2. The van der Waals surface area contributed by atoms with E-state index in [2.05, 4.69) is 10.6 Å². The van der Waals surface area contributed by atoms with Crippen LogP contribution in [0.5, 0.6) is 0 Å². The lowest BCUT2D eigenvalue weighted by atomic mass is 10.0. The number of morpholine rings is 1. The highest BCUT2D eigenvalue weighted by Crippen LogP contribution is 2.25. The van der Waals surface area contributed by atoms with E-state index >= 15 is 0 Å². The average molecular weight is 416 g/mol. The normalized spacial score (nSPS) is 22.4. The number of amides is 2. The van der Waals surface area contributed by atoms with Crippen molar-refractivity contribution in [2.45, 2.75) is 37.8 Å². The van der Waals surface area contributed by atoms with Gasteiger partial charge in [-0.05, 0) is 30.9 Å². The molecule has 2 aliphatic rings. The van der Waals surface area contributed by atoms with Gasteiger partial charge in [0.25, 0.3) is 0 Å². The van der Waals surface area contributed by atoms with Crippen LogP contribution in [0.25, 0.3) is 11.0 Å². The van der Waals surface area contributed by atoms with Crippen LogP contribution in [0.2, 0.25) is 0 Å². The zero-order valence-electron chi connectivity index (χ0n) is 17.2. The molecule has 2 N–H and O–H groups in total. The summed E-state index contributed by atoms with van der Waals surface area (Å²) in [5, 5.41) is 5.62. The highest BCUT2D eigenvalue weighted by molar-refractivity contribution is 6.00. The van der Waals surface area contributed by atoms with Gasteiger partial charge in [-0.2, -0.15) is 0 Å². The summed E-state index contributed by atoms with van der Waals surface area (Å²) < 4.78 is 14.5. The first-order valence-corrected chi connectivity index (χ1v) is 10.5. The molecule has 2 saturated heterocycles. The van der Waals surface area contributed by atoms with E-state index in [9.17, 15) is 14.4 Å². The molecule has 2 aromatic rings. The summed E-state index contributed by atoms with van der Waals surface area (Å²) in [7, 11) is 1.72. The maximum atomic E-state index is 12.9. The van der Waals surface area contributed by atoms with E-state index < -0.39 is 11.9 Å². The van der Waals surface area contributed by atoms with E-state index in [1.165, 1.54) is 4.57 Å². The van der Waals surface area contributed by atoms with Crippen LogP contribution in [0, 0.1) is 0 Å². The number of imide groups is 1. The number of rotatable bonds is 7. The Morgan fingerprint density at radius 2 is 2.13 bits per heavy atom. The minimum atomic E-state index is -0.665. The third-order valence-electron chi connectivity index (χ3n) is 5.75. The van der Waals surface area contributed by atoms with E-state index in [4.69, 9.17) is 9.47 Å². The lowest BCUT2D eigenvalue weighted by Crippen LogP contribution is -2.44. The number of nitrogens with one attached hydrogen (secondary N) is 2. The number of nitrogens with zero attached hydrogens (tertiary/aromatic N) is 2. The van der Waals surface area contributed by atoms with Crippen molar-refractivity contribution in [1.82, 2.24) is 19.8 Å². The van der Waals surface area contributed by atoms with Crippen LogP contribution < -0.4 is 16.3 Å². The van der Waals surface area contributed by atoms with Crippen LogP contribution in [-0.2, 0) is 32.5 Å². The van der Waals surface area contributed by atoms with Gasteiger partial charge in [-0.3, -0.25) is 24.0 Å². The molecule has 162 valence electrons. The van der Waals surface area contributed by atoms with Gasteiger partial charge in [0.2, 0.25) is 11.8 Å². The second-order valence-corrected chi connectivity index (χ2v) is 7.84. The summed E-state index contributed by atoms with van der Waals surface area (Å²) in [6.45, 7) is 3.60. The third-order valence-corrected chi connectivity index (χ3v) is 5.75. The van der Waals surface area contributed by atoms with Crippen LogP contribution in [0.15, 0.2) is 23.0 Å². The first-order chi connectivity index (χ1) is 14.6. The standard InChI is InChI=1S/C21H28N4O5/c1-24-19-14(5-3-10-29-13-15-12-22-9-11-30-15)4-2-6-16(19)25(21(24)28)17-7-8-18(26)23-20(17)27/h2,4,6,15,17,22H,3,5,7-13H2,1H3,(H,23,26,27)/t15-,17?/m1/s1. The molecule has 0 aliphatic carbocycles. The molecular formula is C21H28N4O5. The number of imidazole rings is 1. The number of hydrogen-bond acceptors (Lipinski definition) is 6. The summed E-state index contributed by atoms with van der Waals surface area (Å²) in [4.78, 5) is 36.8. The van der Waals surface area contributed by atoms with E-state index in [1.54, 1.807) is 11.6 Å². The lowest BCUT2D eigenvalue weighted by Gasteiger charge is -2.23. The molecule has 4 rings (SSSR count). The molecule has 1 unspecified atom stereocenters. The summed E-state index contributed by atoms with van der Waals surface area (Å²) in [5.41, 5.74) is 2.34. The molecule has 30 heavy (non-hydrogen) atoms. The molecule has 3 heterocycles. The van der Waals surface area contributed by atoms with Gasteiger partial charge < -0.3 is 14.8 Å². The molecule has 0 spiro atoms. The molecule has 0 saturated carbocycles. The fourth-order valence-corrected chi connectivity index (χ4v) is 4.26. The van der Waals surface area contributed by atoms with E-state index in [-0.39, 0.29) is 24.1 Å². The van der Waals surface area contributed by atoms with Gasteiger partial charge in [0, 0.05) is 33.2 Å². The van der Waals surface area contributed by atoms with Crippen molar-refractivity contribution in [2.75, 3.05) is 32.9 Å². The van der Waals surface area contributed by atoms with Gasteiger partial charge in [-0.1, -0.05) is 12.1 Å². The Kier molecular flexibility index (Phi) is 6.31. The molecule has 2 amide bonds. The third kappa shape index (κ3) is 4.19. The highest BCUT2D eigenvalue weighted by Gasteiger charge is 2.31. The predicted octanol–water partition coefficient (Wildman–Crippen LogP) is 0.255. The van der Waals surface area contributed by atoms with Crippen LogP contribution in [0.1, 0.15) is 30.9 Å². The number of carbonyl (C=O) groups excluding carboxylic acids is 2. The fourth-order valence-electron chi connectivity index (χ4n) is 4.26. The lowest BCUT2D eigenvalue weighted by molar-refractivity contribution is -0.135. The number of para-hydroxylation sites is 1. The van der Waals surface area contributed by atoms with Crippen molar-refractivity contribution in [3.63, 3.8) is 0 Å². The predicted molar refractivity (Wildman–Crippen MR) is 110 cm³/mol. The fraction of sp³-hybridized carbons (Fsp3) is 0.571. The molecule has 2 atom stereocenters. The Bertz CT molecular complexity index is 989. The Morgan fingerprint density at radius 3 is 2.90 bits per heavy atom. The molecule has 1 aromatic heterocycles. The van der Waals surface area contributed by atoms with E-state index in [0.717, 1.165) is 42.5 Å². The minimum absolute atomic E-state index is 0.102. The first kappa shape index (κ1) is 20.8. The van der Waals surface area contributed by atoms with Crippen molar-refractivity contribution in [1.29, 1.82) is 0 Å². The number of hydrogen-bond donors (Lipinski definition) is 2. The second-order valence-electron chi connectivity index (χ2n) is 7.84. The largest absolute Gasteiger partial charge is 0.379 e. The Labute approximate surface area is 174 Å². The monoisotopic (exact) mass is 416 g/mol. The van der Waals surface area contributed by atoms with Crippen molar-refractivity contribution >= 4 is 22.8 Å². The summed E-state index contributed by atoms with van der Waals surface area (Å²) in [6.07, 6.45) is 2.24. The molecule has 0 radical (unpaired) electrons. The van der Waals surface area contributed by atoms with Crippen LogP contribution >= 0.6 is 0 Å².